The molecule has 102 valence electrons. The van der Waals surface area contributed by atoms with Crippen molar-refractivity contribution in [3.05, 3.63) is 17.7 Å². The van der Waals surface area contributed by atoms with Crippen LogP contribution in [0.1, 0.15) is 31.9 Å². The highest BCUT2D eigenvalue weighted by atomic mass is 16.5. The molecule has 0 bridgehead atoms. The molecular weight excluding hydrogens is 230 g/mol. The fourth-order valence-electron chi connectivity index (χ4n) is 1.87. The van der Waals surface area contributed by atoms with E-state index in [4.69, 9.17) is 19.9 Å². The number of nitrogens with two attached hydrogens (primary N) is 1. The molecule has 0 saturated carbocycles. The standard InChI is InChI=1S/C14H23NO3/c1-6-9(2)14(15)10-7-12(17-4)13(18-5)8-11(10)16-3/h7-9,14H,6,15H2,1-5H3. The lowest BCUT2D eigenvalue weighted by atomic mass is 9.92. The van der Waals surface area contributed by atoms with Crippen LogP contribution in [0.4, 0.5) is 0 Å². The summed E-state index contributed by atoms with van der Waals surface area (Å²) >= 11 is 0. The number of methoxy groups -OCH3 is 3. The van der Waals surface area contributed by atoms with Crippen molar-refractivity contribution < 1.29 is 14.2 Å². The maximum Gasteiger partial charge on any atom is 0.164 e. The predicted molar refractivity (Wildman–Crippen MR) is 72.5 cm³/mol. The first-order valence-electron chi connectivity index (χ1n) is 6.14. The zero-order valence-corrected chi connectivity index (χ0v) is 11.8. The third kappa shape index (κ3) is 2.88. The maximum absolute atomic E-state index is 6.26. The second-order valence-corrected chi connectivity index (χ2v) is 4.36. The molecule has 0 aliphatic carbocycles. The fourth-order valence-corrected chi connectivity index (χ4v) is 1.87. The second kappa shape index (κ2) is 6.50. The SMILES string of the molecule is CCC(C)C(N)c1cc(OC)c(OC)cc1OC. The van der Waals surface area contributed by atoms with Crippen LogP contribution in [0.5, 0.6) is 17.2 Å². The molecule has 0 aliphatic heterocycles. The zero-order valence-electron chi connectivity index (χ0n) is 11.8. The molecule has 0 amide bonds. The Morgan fingerprint density at radius 2 is 1.50 bits per heavy atom. The molecule has 1 aromatic carbocycles. The van der Waals surface area contributed by atoms with Gasteiger partial charge in [0.25, 0.3) is 0 Å². The summed E-state index contributed by atoms with van der Waals surface area (Å²) in [6.07, 6.45) is 1.01. The molecule has 2 N–H and O–H groups in total. The van der Waals surface area contributed by atoms with Gasteiger partial charge in [0, 0.05) is 17.7 Å². The number of rotatable bonds is 6. The van der Waals surface area contributed by atoms with Gasteiger partial charge in [-0.15, -0.1) is 0 Å². The number of benzene rings is 1. The van der Waals surface area contributed by atoms with Gasteiger partial charge in [-0.1, -0.05) is 20.3 Å². The molecule has 18 heavy (non-hydrogen) atoms. The highest BCUT2D eigenvalue weighted by Gasteiger charge is 2.20. The predicted octanol–water partition coefficient (Wildman–Crippen LogP) is 2.76. The van der Waals surface area contributed by atoms with E-state index in [-0.39, 0.29) is 6.04 Å². The summed E-state index contributed by atoms with van der Waals surface area (Å²) in [5.74, 6) is 2.43. The zero-order chi connectivity index (χ0) is 13.7. The lowest BCUT2D eigenvalue weighted by Gasteiger charge is -2.22. The van der Waals surface area contributed by atoms with Crippen LogP contribution in [-0.4, -0.2) is 21.3 Å². The Morgan fingerprint density at radius 1 is 1.00 bits per heavy atom. The van der Waals surface area contributed by atoms with Crippen molar-refractivity contribution in [3.8, 4) is 17.2 Å². The quantitative estimate of drug-likeness (QED) is 0.847. The Morgan fingerprint density at radius 3 is 1.94 bits per heavy atom. The normalized spacial score (nSPS) is 13.9. The van der Waals surface area contributed by atoms with Crippen LogP contribution in [0.15, 0.2) is 12.1 Å². The van der Waals surface area contributed by atoms with Gasteiger partial charge in [-0.25, -0.2) is 0 Å². The second-order valence-electron chi connectivity index (χ2n) is 4.36. The molecule has 4 nitrogen and oxygen atoms in total. The Hall–Kier alpha value is -1.42. The van der Waals surface area contributed by atoms with Gasteiger partial charge in [0.15, 0.2) is 11.5 Å². The van der Waals surface area contributed by atoms with Gasteiger partial charge < -0.3 is 19.9 Å². The third-order valence-electron chi connectivity index (χ3n) is 3.35. The average Bonchev–Trinajstić information content (AvgIpc) is 2.43. The van der Waals surface area contributed by atoms with Crippen LogP contribution in [-0.2, 0) is 0 Å². The van der Waals surface area contributed by atoms with Crippen LogP contribution < -0.4 is 19.9 Å². The summed E-state index contributed by atoms with van der Waals surface area (Å²) in [5, 5.41) is 0. The number of hydrogen-bond acceptors (Lipinski definition) is 4. The van der Waals surface area contributed by atoms with Gasteiger partial charge in [-0.3, -0.25) is 0 Å². The summed E-state index contributed by atoms with van der Waals surface area (Å²) in [6, 6.07) is 3.63. The van der Waals surface area contributed by atoms with Gasteiger partial charge in [-0.05, 0) is 12.0 Å². The van der Waals surface area contributed by atoms with Gasteiger partial charge in [0.05, 0.1) is 21.3 Å². The molecule has 0 aliphatic rings. The van der Waals surface area contributed by atoms with Crippen LogP contribution in [0.25, 0.3) is 0 Å². The lowest BCUT2D eigenvalue weighted by Crippen LogP contribution is -2.19. The van der Waals surface area contributed by atoms with Crippen LogP contribution in [0, 0.1) is 5.92 Å². The molecule has 0 aromatic heterocycles. The summed E-state index contributed by atoms with van der Waals surface area (Å²) < 4.78 is 15.9. The molecule has 0 fully saturated rings. The van der Waals surface area contributed by atoms with Crippen molar-refractivity contribution in [2.45, 2.75) is 26.3 Å². The van der Waals surface area contributed by atoms with Crippen molar-refractivity contribution in [2.75, 3.05) is 21.3 Å². The highest BCUT2D eigenvalue weighted by Crippen LogP contribution is 2.38. The minimum Gasteiger partial charge on any atom is -0.496 e. The smallest absolute Gasteiger partial charge is 0.164 e. The lowest BCUT2D eigenvalue weighted by molar-refractivity contribution is 0.343. The average molecular weight is 253 g/mol. The van der Waals surface area contributed by atoms with Crippen molar-refractivity contribution in [1.29, 1.82) is 0 Å². The minimum atomic E-state index is -0.0789. The van der Waals surface area contributed by atoms with E-state index in [2.05, 4.69) is 13.8 Å². The molecular formula is C14H23NO3. The first kappa shape index (κ1) is 14.6. The van der Waals surface area contributed by atoms with E-state index < -0.39 is 0 Å². The summed E-state index contributed by atoms with van der Waals surface area (Å²) in [6.45, 7) is 4.25. The van der Waals surface area contributed by atoms with E-state index in [1.807, 2.05) is 12.1 Å². The van der Waals surface area contributed by atoms with Crippen molar-refractivity contribution in [3.63, 3.8) is 0 Å². The van der Waals surface area contributed by atoms with Crippen LogP contribution in [0.3, 0.4) is 0 Å². The van der Waals surface area contributed by atoms with E-state index >= 15 is 0 Å². The van der Waals surface area contributed by atoms with Gasteiger partial charge in [0.1, 0.15) is 5.75 Å². The van der Waals surface area contributed by atoms with Crippen LogP contribution >= 0.6 is 0 Å². The molecule has 0 spiro atoms. The van der Waals surface area contributed by atoms with Crippen LogP contribution in [0.2, 0.25) is 0 Å². The third-order valence-corrected chi connectivity index (χ3v) is 3.35. The first-order valence-corrected chi connectivity index (χ1v) is 6.14. The first-order chi connectivity index (χ1) is 8.58. The molecule has 4 heteroatoms. The van der Waals surface area contributed by atoms with Gasteiger partial charge >= 0.3 is 0 Å². The Kier molecular flexibility index (Phi) is 5.28. The number of ether oxygens (including phenoxy) is 3. The fraction of sp³-hybridized carbons (Fsp3) is 0.571. The van der Waals surface area contributed by atoms with Crippen molar-refractivity contribution in [1.82, 2.24) is 0 Å². The Labute approximate surface area is 109 Å². The number of hydrogen-bond donors (Lipinski definition) is 1. The van der Waals surface area contributed by atoms with Gasteiger partial charge in [-0.2, -0.15) is 0 Å². The molecule has 2 unspecified atom stereocenters. The van der Waals surface area contributed by atoms with E-state index in [0.717, 1.165) is 17.7 Å². The molecule has 0 saturated heterocycles. The van der Waals surface area contributed by atoms with Gasteiger partial charge in [0.2, 0.25) is 0 Å². The summed E-state index contributed by atoms with van der Waals surface area (Å²) in [7, 11) is 4.85. The summed E-state index contributed by atoms with van der Waals surface area (Å²) in [5.41, 5.74) is 7.21. The van der Waals surface area contributed by atoms with Crippen molar-refractivity contribution in [2.24, 2.45) is 11.7 Å². The highest BCUT2D eigenvalue weighted by molar-refractivity contribution is 5.51. The van der Waals surface area contributed by atoms with Crippen molar-refractivity contribution >= 4 is 0 Å². The Bertz CT molecular complexity index is 393. The van der Waals surface area contributed by atoms with E-state index in [9.17, 15) is 0 Å². The summed E-state index contributed by atoms with van der Waals surface area (Å²) in [4.78, 5) is 0. The topological polar surface area (TPSA) is 53.7 Å². The Balaban J connectivity index is 3.24. The van der Waals surface area contributed by atoms with E-state index in [1.165, 1.54) is 0 Å². The maximum atomic E-state index is 6.26. The molecule has 1 aromatic rings. The van der Waals surface area contributed by atoms with E-state index in [1.54, 1.807) is 21.3 Å². The molecule has 0 radical (unpaired) electrons. The molecule has 2 atom stereocenters. The largest absolute Gasteiger partial charge is 0.496 e. The monoisotopic (exact) mass is 253 g/mol. The van der Waals surface area contributed by atoms with E-state index in [0.29, 0.717) is 17.4 Å². The molecule has 1 rings (SSSR count). The minimum absolute atomic E-state index is 0.0789. The molecule has 0 heterocycles.